The van der Waals surface area contributed by atoms with Gasteiger partial charge in [-0.05, 0) is 28.1 Å². The Morgan fingerprint density at radius 2 is 2.12 bits per heavy atom. The molecule has 0 saturated carbocycles. The van der Waals surface area contributed by atoms with Crippen molar-refractivity contribution in [3.05, 3.63) is 43.6 Å². The van der Waals surface area contributed by atoms with E-state index in [0.717, 1.165) is 6.20 Å². The molecule has 1 aromatic carbocycles. The van der Waals surface area contributed by atoms with Crippen molar-refractivity contribution in [1.29, 1.82) is 0 Å². The molecule has 6 heteroatoms. The van der Waals surface area contributed by atoms with Gasteiger partial charge in [-0.15, -0.1) is 0 Å². The number of aromatic nitrogens is 1. The standard InChI is InChI=1S/C10H5BrClNO3/c11-5-1-2-6(12)7-8(5)13-3-4(9(7)14)10(15)16/h1-3H,(H,13,14)(H,15,16). The second-order valence-electron chi connectivity index (χ2n) is 3.12. The summed E-state index contributed by atoms with van der Waals surface area (Å²) in [7, 11) is 0. The number of benzene rings is 1. The van der Waals surface area contributed by atoms with Gasteiger partial charge >= 0.3 is 5.97 Å². The van der Waals surface area contributed by atoms with Crippen LogP contribution in [0.2, 0.25) is 5.02 Å². The number of rotatable bonds is 1. The summed E-state index contributed by atoms with van der Waals surface area (Å²) in [5.41, 5.74) is -0.428. The summed E-state index contributed by atoms with van der Waals surface area (Å²) in [5, 5.41) is 9.21. The van der Waals surface area contributed by atoms with Crippen LogP contribution in [0.25, 0.3) is 10.9 Å². The summed E-state index contributed by atoms with van der Waals surface area (Å²) >= 11 is 9.13. The molecule has 2 aromatic rings. The molecule has 0 spiro atoms. The van der Waals surface area contributed by atoms with E-state index in [0.29, 0.717) is 9.99 Å². The maximum Gasteiger partial charge on any atom is 0.341 e. The van der Waals surface area contributed by atoms with E-state index < -0.39 is 11.4 Å². The summed E-state index contributed by atoms with van der Waals surface area (Å²) in [5.74, 6) is -1.28. The zero-order chi connectivity index (χ0) is 11.9. The first-order valence-electron chi connectivity index (χ1n) is 4.25. The molecule has 0 aliphatic rings. The molecule has 0 saturated heterocycles. The first-order valence-corrected chi connectivity index (χ1v) is 5.42. The van der Waals surface area contributed by atoms with Crippen LogP contribution >= 0.6 is 27.5 Å². The smallest absolute Gasteiger partial charge is 0.341 e. The van der Waals surface area contributed by atoms with Crippen LogP contribution in [0.1, 0.15) is 10.4 Å². The molecule has 82 valence electrons. The van der Waals surface area contributed by atoms with Crippen LogP contribution in [-0.2, 0) is 0 Å². The Bertz CT molecular complexity index is 650. The number of pyridine rings is 1. The highest BCUT2D eigenvalue weighted by molar-refractivity contribution is 9.10. The number of halogens is 2. The molecule has 2 N–H and O–H groups in total. The molecule has 0 radical (unpaired) electrons. The Hall–Kier alpha value is -1.33. The zero-order valence-corrected chi connectivity index (χ0v) is 10.1. The topological polar surface area (TPSA) is 70.2 Å². The van der Waals surface area contributed by atoms with E-state index in [1.54, 1.807) is 6.07 Å². The summed E-state index contributed by atoms with van der Waals surface area (Å²) in [6, 6.07) is 3.22. The fourth-order valence-electron chi connectivity index (χ4n) is 1.42. The monoisotopic (exact) mass is 301 g/mol. The molecule has 1 aromatic heterocycles. The van der Waals surface area contributed by atoms with Crippen molar-refractivity contribution in [3.8, 4) is 0 Å². The molecular formula is C10H5BrClNO3. The molecule has 0 fully saturated rings. The van der Waals surface area contributed by atoms with Gasteiger partial charge in [-0.3, -0.25) is 4.79 Å². The molecule has 0 unspecified atom stereocenters. The van der Waals surface area contributed by atoms with Gasteiger partial charge in [0.15, 0.2) is 0 Å². The SMILES string of the molecule is O=C(O)c1c[nH]c2c(Br)ccc(Cl)c2c1=O. The predicted molar refractivity (Wildman–Crippen MR) is 64.2 cm³/mol. The lowest BCUT2D eigenvalue weighted by atomic mass is 10.1. The number of hydrogen-bond acceptors (Lipinski definition) is 2. The summed E-state index contributed by atoms with van der Waals surface area (Å²) in [4.78, 5) is 25.4. The third-order valence-corrected chi connectivity index (χ3v) is 3.14. The van der Waals surface area contributed by atoms with Crippen LogP contribution in [0.15, 0.2) is 27.6 Å². The maximum atomic E-state index is 11.8. The number of nitrogens with one attached hydrogen (secondary N) is 1. The molecule has 0 amide bonds. The molecular weight excluding hydrogens is 297 g/mol. The number of aromatic carboxylic acids is 1. The highest BCUT2D eigenvalue weighted by atomic mass is 79.9. The van der Waals surface area contributed by atoms with Crippen LogP contribution in [0.5, 0.6) is 0 Å². The second-order valence-corrected chi connectivity index (χ2v) is 4.38. The number of carboxylic acids is 1. The number of aromatic amines is 1. The third kappa shape index (κ3) is 1.62. The Morgan fingerprint density at radius 3 is 2.75 bits per heavy atom. The van der Waals surface area contributed by atoms with Crippen molar-refractivity contribution < 1.29 is 9.90 Å². The van der Waals surface area contributed by atoms with E-state index in [2.05, 4.69) is 20.9 Å². The number of fused-ring (bicyclic) bond motifs is 1. The molecule has 2 rings (SSSR count). The first-order chi connectivity index (χ1) is 7.52. The third-order valence-electron chi connectivity index (χ3n) is 2.17. The van der Waals surface area contributed by atoms with E-state index in [1.807, 2.05) is 0 Å². The highest BCUT2D eigenvalue weighted by Gasteiger charge is 2.14. The fraction of sp³-hybridized carbons (Fsp3) is 0. The number of carbonyl (C=O) groups is 1. The molecule has 0 aliphatic heterocycles. The van der Waals surface area contributed by atoms with Crippen molar-refractivity contribution in [3.63, 3.8) is 0 Å². The van der Waals surface area contributed by atoms with Crippen molar-refractivity contribution in [2.24, 2.45) is 0 Å². The minimum atomic E-state index is -1.28. The first kappa shape index (κ1) is 11.2. The minimum absolute atomic E-state index is 0.177. The van der Waals surface area contributed by atoms with Crippen LogP contribution in [0.3, 0.4) is 0 Å². The van der Waals surface area contributed by atoms with Gasteiger partial charge in [0.05, 0.1) is 15.9 Å². The lowest BCUT2D eigenvalue weighted by molar-refractivity contribution is 0.0695. The Kier molecular flexibility index (Phi) is 2.73. The maximum absolute atomic E-state index is 11.8. The fourth-order valence-corrected chi connectivity index (χ4v) is 2.11. The summed E-state index contributed by atoms with van der Waals surface area (Å²) < 4.78 is 0.654. The zero-order valence-electron chi connectivity index (χ0n) is 7.75. The van der Waals surface area contributed by atoms with E-state index in [4.69, 9.17) is 16.7 Å². The van der Waals surface area contributed by atoms with Gasteiger partial charge < -0.3 is 10.1 Å². The Morgan fingerprint density at radius 1 is 1.44 bits per heavy atom. The average molecular weight is 303 g/mol. The van der Waals surface area contributed by atoms with Crippen molar-refractivity contribution in [2.75, 3.05) is 0 Å². The summed E-state index contributed by atoms with van der Waals surface area (Å²) in [6.07, 6.45) is 1.16. The number of hydrogen-bond donors (Lipinski definition) is 2. The van der Waals surface area contributed by atoms with Crippen LogP contribution in [-0.4, -0.2) is 16.1 Å². The normalized spacial score (nSPS) is 10.6. The van der Waals surface area contributed by atoms with Crippen molar-refractivity contribution in [1.82, 2.24) is 4.98 Å². The average Bonchev–Trinajstić information content (AvgIpc) is 2.23. The van der Waals surface area contributed by atoms with Gasteiger partial charge in [-0.25, -0.2) is 4.79 Å². The van der Waals surface area contributed by atoms with Crippen LogP contribution < -0.4 is 5.43 Å². The lowest BCUT2D eigenvalue weighted by Crippen LogP contribution is -2.15. The molecule has 1 heterocycles. The van der Waals surface area contributed by atoms with E-state index >= 15 is 0 Å². The van der Waals surface area contributed by atoms with Crippen molar-refractivity contribution >= 4 is 44.4 Å². The molecule has 0 aliphatic carbocycles. The van der Waals surface area contributed by atoms with Crippen LogP contribution in [0.4, 0.5) is 0 Å². The molecule has 0 atom stereocenters. The number of H-pyrrole nitrogens is 1. The van der Waals surface area contributed by atoms with Gasteiger partial charge in [0, 0.05) is 10.7 Å². The van der Waals surface area contributed by atoms with E-state index in [1.165, 1.54) is 6.07 Å². The minimum Gasteiger partial charge on any atom is -0.477 e. The van der Waals surface area contributed by atoms with Gasteiger partial charge in [0.25, 0.3) is 0 Å². The van der Waals surface area contributed by atoms with Gasteiger partial charge in [-0.1, -0.05) is 11.6 Å². The predicted octanol–water partition coefficient (Wildman–Crippen LogP) is 2.64. The molecule has 4 nitrogen and oxygen atoms in total. The highest BCUT2D eigenvalue weighted by Crippen LogP contribution is 2.26. The van der Waals surface area contributed by atoms with E-state index in [-0.39, 0.29) is 16.0 Å². The van der Waals surface area contributed by atoms with Crippen molar-refractivity contribution in [2.45, 2.75) is 0 Å². The van der Waals surface area contributed by atoms with Gasteiger partial charge in [0.2, 0.25) is 5.43 Å². The van der Waals surface area contributed by atoms with Gasteiger partial charge in [0.1, 0.15) is 5.56 Å². The largest absolute Gasteiger partial charge is 0.477 e. The molecule has 16 heavy (non-hydrogen) atoms. The second kappa shape index (κ2) is 3.92. The van der Waals surface area contributed by atoms with E-state index in [9.17, 15) is 9.59 Å². The van der Waals surface area contributed by atoms with Crippen LogP contribution in [0, 0.1) is 0 Å². The quantitative estimate of drug-likeness (QED) is 0.851. The Labute approximate surface area is 103 Å². The molecule has 0 bridgehead atoms. The summed E-state index contributed by atoms with van der Waals surface area (Å²) in [6.45, 7) is 0. The van der Waals surface area contributed by atoms with Gasteiger partial charge in [-0.2, -0.15) is 0 Å². The lowest BCUT2D eigenvalue weighted by Gasteiger charge is -2.03. The Balaban J connectivity index is 3.00. The number of carboxylic acid groups (broad SMARTS) is 1.